The van der Waals surface area contributed by atoms with Crippen molar-refractivity contribution < 1.29 is 9.84 Å². The third kappa shape index (κ3) is 3.01. The lowest BCUT2D eigenvalue weighted by Gasteiger charge is -2.09. The number of rotatable bonds is 3. The number of hydrogen-bond donors (Lipinski definition) is 1. The van der Waals surface area contributed by atoms with Crippen molar-refractivity contribution in [3.05, 3.63) is 59.7 Å². The van der Waals surface area contributed by atoms with Crippen LogP contribution in [0, 0.1) is 13.8 Å². The fraction of sp³-hybridized carbons (Fsp3) is 0.158. The van der Waals surface area contributed by atoms with Gasteiger partial charge in [0.1, 0.15) is 0 Å². The minimum absolute atomic E-state index is 0.119. The lowest BCUT2D eigenvalue weighted by Crippen LogP contribution is -1.85. The number of azo groups is 1. The van der Waals surface area contributed by atoms with Crippen molar-refractivity contribution in [3.63, 3.8) is 0 Å². The van der Waals surface area contributed by atoms with E-state index in [0.717, 1.165) is 22.2 Å². The Labute approximate surface area is 135 Å². The Morgan fingerprint density at radius 2 is 1.52 bits per heavy atom. The molecule has 3 aromatic carbocycles. The zero-order valence-electron chi connectivity index (χ0n) is 13.4. The molecule has 0 aliphatic heterocycles. The van der Waals surface area contributed by atoms with Crippen LogP contribution in [0.15, 0.2) is 58.8 Å². The number of aryl methyl sites for hydroxylation is 2. The highest BCUT2D eigenvalue weighted by atomic mass is 16.5. The largest absolute Gasteiger partial charge is 0.504 e. The van der Waals surface area contributed by atoms with Crippen molar-refractivity contribution in [2.45, 2.75) is 13.8 Å². The summed E-state index contributed by atoms with van der Waals surface area (Å²) in [5.41, 5.74) is 3.76. The lowest BCUT2D eigenvalue weighted by atomic mass is 10.1. The van der Waals surface area contributed by atoms with Crippen LogP contribution in [-0.2, 0) is 0 Å². The third-order valence-corrected chi connectivity index (χ3v) is 3.66. The molecular weight excluding hydrogens is 288 g/mol. The van der Waals surface area contributed by atoms with E-state index < -0.39 is 0 Å². The van der Waals surface area contributed by atoms with E-state index in [9.17, 15) is 5.11 Å². The minimum Gasteiger partial charge on any atom is -0.504 e. The smallest absolute Gasteiger partial charge is 0.165 e. The molecule has 4 heteroatoms. The number of ether oxygens (including phenoxy) is 1. The predicted octanol–water partition coefficient (Wildman–Crippen LogP) is 5.59. The van der Waals surface area contributed by atoms with Gasteiger partial charge >= 0.3 is 0 Å². The van der Waals surface area contributed by atoms with Crippen molar-refractivity contribution in [2.75, 3.05) is 7.11 Å². The number of nitrogens with zero attached hydrogens (tertiary/aromatic N) is 2. The molecule has 0 radical (unpaired) electrons. The van der Waals surface area contributed by atoms with Crippen LogP contribution in [0.25, 0.3) is 10.8 Å². The second-order valence-corrected chi connectivity index (χ2v) is 5.54. The molecule has 0 aliphatic carbocycles. The van der Waals surface area contributed by atoms with Gasteiger partial charge < -0.3 is 9.84 Å². The maximum atomic E-state index is 10.2. The van der Waals surface area contributed by atoms with Gasteiger partial charge in [-0.1, -0.05) is 30.3 Å². The maximum Gasteiger partial charge on any atom is 0.165 e. The number of fused-ring (bicyclic) bond motifs is 1. The summed E-state index contributed by atoms with van der Waals surface area (Å²) >= 11 is 0. The van der Waals surface area contributed by atoms with Crippen LogP contribution in [0.3, 0.4) is 0 Å². The van der Waals surface area contributed by atoms with E-state index in [1.165, 1.54) is 7.11 Å². The highest BCUT2D eigenvalue weighted by molar-refractivity contribution is 5.98. The Balaban J connectivity index is 2.12. The predicted molar refractivity (Wildman–Crippen MR) is 92.3 cm³/mol. The second-order valence-electron chi connectivity index (χ2n) is 5.54. The Morgan fingerprint density at radius 1 is 0.870 bits per heavy atom. The van der Waals surface area contributed by atoms with Gasteiger partial charge in [-0.3, -0.25) is 0 Å². The van der Waals surface area contributed by atoms with Crippen LogP contribution < -0.4 is 4.74 Å². The molecule has 0 amide bonds. The van der Waals surface area contributed by atoms with Gasteiger partial charge in [-0.2, -0.15) is 5.11 Å². The average Bonchev–Trinajstić information content (AvgIpc) is 2.53. The van der Waals surface area contributed by atoms with E-state index in [0.29, 0.717) is 16.8 Å². The molecule has 0 bridgehead atoms. The van der Waals surface area contributed by atoms with Crippen molar-refractivity contribution in [1.82, 2.24) is 0 Å². The molecular formula is C19H18N2O2. The summed E-state index contributed by atoms with van der Waals surface area (Å²) in [5.74, 6) is 0.506. The fourth-order valence-corrected chi connectivity index (χ4v) is 2.67. The summed E-state index contributed by atoms with van der Waals surface area (Å²) < 4.78 is 5.23. The maximum absolute atomic E-state index is 10.2. The van der Waals surface area contributed by atoms with Gasteiger partial charge in [0, 0.05) is 16.8 Å². The van der Waals surface area contributed by atoms with E-state index in [4.69, 9.17) is 4.74 Å². The third-order valence-electron chi connectivity index (χ3n) is 3.66. The molecule has 116 valence electrons. The molecule has 0 saturated heterocycles. The molecule has 3 rings (SSSR count). The molecule has 0 saturated carbocycles. The first-order chi connectivity index (χ1) is 11.1. The normalized spacial score (nSPS) is 11.3. The molecule has 0 aromatic heterocycles. The van der Waals surface area contributed by atoms with Gasteiger partial charge in [0.25, 0.3) is 0 Å². The Kier molecular flexibility index (Phi) is 3.98. The zero-order chi connectivity index (χ0) is 16.4. The zero-order valence-corrected chi connectivity index (χ0v) is 13.4. The van der Waals surface area contributed by atoms with Crippen LogP contribution in [0.5, 0.6) is 11.5 Å². The van der Waals surface area contributed by atoms with Gasteiger partial charge in [-0.05, 0) is 37.1 Å². The highest BCUT2D eigenvalue weighted by Crippen LogP contribution is 2.41. The van der Waals surface area contributed by atoms with Gasteiger partial charge in [-0.15, -0.1) is 5.11 Å². The summed E-state index contributed by atoms with van der Waals surface area (Å²) in [6.07, 6.45) is 0. The van der Waals surface area contributed by atoms with Gasteiger partial charge in [-0.25, -0.2) is 0 Å². The van der Waals surface area contributed by atoms with Crippen molar-refractivity contribution in [1.29, 1.82) is 0 Å². The summed E-state index contributed by atoms with van der Waals surface area (Å²) in [6, 6.07) is 15.3. The van der Waals surface area contributed by atoms with E-state index >= 15 is 0 Å². The number of phenolic OH excluding ortho intramolecular Hbond substituents is 1. The molecule has 0 aliphatic rings. The lowest BCUT2D eigenvalue weighted by molar-refractivity contribution is 0.376. The summed E-state index contributed by atoms with van der Waals surface area (Å²) in [7, 11) is 1.52. The topological polar surface area (TPSA) is 54.2 Å². The molecule has 0 atom stereocenters. The Hall–Kier alpha value is -2.88. The fourth-order valence-electron chi connectivity index (χ4n) is 2.67. The quantitative estimate of drug-likeness (QED) is 0.641. The number of phenols is 1. The van der Waals surface area contributed by atoms with Crippen LogP contribution >= 0.6 is 0 Å². The van der Waals surface area contributed by atoms with E-state index in [1.807, 2.05) is 50.2 Å². The Morgan fingerprint density at radius 3 is 2.17 bits per heavy atom. The minimum atomic E-state index is 0.119. The summed E-state index contributed by atoms with van der Waals surface area (Å²) in [4.78, 5) is 0. The van der Waals surface area contributed by atoms with Crippen LogP contribution in [-0.4, -0.2) is 12.2 Å². The van der Waals surface area contributed by atoms with Crippen LogP contribution in [0.4, 0.5) is 11.4 Å². The van der Waals surface area contributed by atoms with Crippen molar-refractivity contribution in [3.8, 4) is 11.5 Å². The van der Waals surface area contributed by atoms with E-state index in [1.54, 1.807) is 6.07 Å². The molecule has 0 spiro atoms. The number of benzene rings is 3. The molecule has 3 aromatic rings. The van der Waals surface area contributed by atoms with Crippen molar-refractivity contribution in [2.24, 2.45) is 10.2 Å². The first kappa shape index (κ1) is 15.0. The van der Waals surface area contributed by atoms with E-state index in [2.05, 4.69) is 16.3 Å². The summed E-state index contributed by atoms with van der Waals surface area (Å²) in [5, 5.41) is 20.5. The first-order valence-corrected chi connectivity index (χ1v) is 7.37. The molecule has 4 nitrogen and oxygen atoms in total. The van der Waals surface area contributed by atoms with Gasteiger partial charge in [0.15, 0.2) is 11.5 Å². The SMILES string of the molecule is COc1cc(N=Nc2cc(C)cc(C)c2)c2ccccc2c1O. The molecule has 0 fully saturated rings. The first-order valence-electron chi connectivity index (χ1n) is 7.37. The van der Waals surface area contributed by atoms with Crippen molar-refractivity contribution >= 4 is 22.1 Å². The second kappa shape index (κ2) is 6.08. The van der Waals surface area contributed by atoms with Gasteiger partial charge in [0.2, 0.25) is 0 Å². The van der Waals surface area contributed by atoms with E-state index in [-0.39, 0.29) is 5.75 Å². The molecule has 1 N–H and O–H groups in total. The molecule has 0 unspecified atom stereocenters. The highest BCUT2D eigenvalue weighted by Gasteiger charge is 2.11. The van der Waals surface area contributed by atoms with Gasteiger partial charge in [0.05, 0.1) is 18.5 Å². The number of methoxy groups -OCH3 is 1. The Bertz CT molecular complexity index is 881. The number of aromatic hydroxyl groups is 1. The van der Waals surface area contributed by atoms with Crippen LogP contribution in [0.1, 0.15) is 11.1 Å². The average molecular weight is 306 g/mol. The number of hydrogen-bond acceptors (Lipinski definition) is 4. The monoisotopic (exact) mass is 306 g/mol. The molecule has 23 heavy (non-hydrogen) atoms. The standard InChI is InChI=1S/C19H18N2O2/c1-12-8-13(2)10-14(9-12)20-21-17-11-18(23-3)19(22)16-7-5-4-6-15(16)17/h4-11,22H,1-3H3. The molecule has 0 heterocycles. The summed E-state index contributed by atoms with van der Waals surface area (Å²) in [6.45, 7) is 4.07. The van der Waals surface area contributed by atoms with Crippen LogP contribution in [0.2, 0.25) is 0 Å².